The zero-order valence-electron chi connectivity index (χ0n) is 15.0. The van der Waals surface area contributed by atoms with E-state index in [9.17, 15) is 4.79 Å². The zero-order valence-corrected chi connectivity index (χ0v) is 15.8. The van der Waals surface area contributed by atoms with Crippen molar-refractivity contribution < 1.29 is 4.79 Å². The number of hydrogen-bond acceptors (Lipinski definition) is 4. The second-order valence-corrected chi connectivity index (χ2v) is 8.28. The summed E-state index contributed by atoms with van der Waals surface area (Å²) in [5.41, 5.74) is 0.751. The third-order valence-corrected chi connectivity index (χ3v) is 5.40. The smallest absolute Gasteiger partial charge is 0.252 e. The fourth-order valence-electron chi connectivity index (χ4n) is 3.12. The van der Waals surface area contributed by atoms with Gasteiger partial charge in [0.15, 0.2) is 0 Å². The highest BCUT2D eigenvalue weighted by Crippen LogP contribution is 2.26. The van der Waals surface area contributed by atoms with Crippen LogP contribution in [0.25, 0.3) is 0 Å². The molecule has 0 spiro atoms. The molecule has 5 nitrogen and oxygen atoms in total. The third kappa shape index (κ3) is 4.63. The average Bonchev–Trinajstić information content (AvgIpc) is 2.82. The van der Waals surface area contributed by atoms with Gasteiger partial charge >= 0.3 is 0 Å². The monoisotopic (exact) mass is 358 g/mol. The van der Waals surface area contributed by atoms with Crippen LogP contribution in [0, 0.1) is 0 Å². The number of benzene rings is 1. The fourth-order valence-corrected chi connectivity index (χ4v) is 4.08. The number of carbonyl (C=O) groups excluding carboxylic acids is 1. The molecule has 0 bridgehead atoms. The molecule has 1 aliphatic rings. The van der Waals surface area contributed by atoms with Gasteiger partial charge in [-0.05, 0) is 25.0 Å². The van der Waals surface area contributed by atoms with E-state index >= 15 is 0 Å². The molecule has 1 aliphatic heterocycles. The number of nitrogens with one attached hydrogen (secondary N) is 1. The van der Waals surface area contributed by atoms with E-state index in [4.69, 9.17) is 0 Å². The van der Waals surface area contributed by atoms with Crippen LogP contribution in [0.5, 0.6) is 0 Å². The number of aromatic nitrogens is 3. The number of thioether (sulfide) groups is 1. The van der Waals surface area contributed by atoms with Crippen LogP contribution in [0.1, 0.15) is 55.1 Å². The Balaban J connectivity index is 1.60. The lowest BCUT2D eigenvalue weighted by Crippen LogP contribution is -2.27. The number of aryl methyl sites for hydroxylation is 1. The molecule has 134 valence electrons. The number of carbonyl (C=O) groups is 1. The van der Waals surface area contributed by atoms with Crippen LogP contribution in [0.4, 0.5) is 0 Å². The van der Waals surface area contributed by atoms with Gasteiger partial charge in [-0.25, -0.2) is 0 Å². The maximum Gasteiger partial charge on any atom is 0.252 e. The summed E-state index contributed by atoms with van der Waals surface area (Å²) in [6.45, 7) is 5.85. The molecule has 2 aromatic rings. The molecule has 25 heavy (non-hydrogen) atoms. The first-order chi connectivity index (χ1) is 12.1. The summed E-state index contributed by atoms with van der Waals surface area (Å²) in [5, 5.41) is 12.1. The topological polar surface area (TPSA) is 59.8 Å². The number of rotatable bonds is 6. The van der Waals surface area contributed by atoms with Gasteiger partial charge in [-0.2, -0.15) is 0 Å². The minimum atomic E-state index is -0.0145. The first-order valence-electron chi connectivity index (χ1n) is 9.10. The van der Waals surface area contributed by atoms with Crippen molar-refractivity contribution in [1.29, 1.82) is 0 Å². The summed E-state index contributed by atoms with van der Waals surface area (Å²) in [6.07, 6.45) is 5.37. The lowest BCUT2D eigenvalue weighted by molar-refractivity contribution is 0.0951. The van der Waals surface area contributed by atoms with E-state index in [2.05, 4.69) is 33.9 Å². The SMILES string of the molecule is CC(C)Sc1ccccc1C(=O)NCCc1nnc2n1CCCCC2. The lowest BCUT2D eigenvalue weighted by atomic mass is 10.2. The fraction of sp³-hybridized carbons (Fsp3) is 0.526. The van der Waals surface area contributed by atoms with E-state index in [0.717, 1.165) is 41.5 Å². The molecular formula is C19H26N4OS. The summed E-state index contributed by atoms with van der Waals surface area (Å²) >= 11 is 1.72. The average molecular weight is 359 g/mol. The highest BCUT2D eigenvalue weighted by Gasteiger charge is 2.16. The van der Waals surface area contributed by atoms with Gasteiger partial charge in [0.25, 0.3) is 5.91 Å². The molecule has 2 heterocycles. The largest absolute Gasteiger partial charge is 0.352 e. The normalized spacial score (nSPS) is 14.2. The molecule has 1 N–H and O–H groups in total. The summed E-state index contributed by atoms with van der Waals surface area (Å²) in [7, 11) is 0. The predicted octanol–water partition coefficient (Wildman–Crippen LogP) is 3.48. The van der Waals surface area contributed by atoms with E-state index in [-0.39, 0.29) is 5.91 Å². The molecule has 6 heteroatoms. The van der Waals surface area contributed by atoms with E-state index in [0.29, 0.717) is 11.8 Å². The Morgan fingerprint density at radius 3 is 2.92 bits per heavy atom. The summed E-state index contributed by atoms with van der Waals surface area (Å²) < 4.78 is 2.24. The van der Waals surface area contributed by atoms with Crippen molar-refractivity contribution in [2.45, 2.75) is 62.6 Å². The summed E-state index contributed by atoms with van der Waals surface area (Å²) in [6, 6.07) is 7.80. The Morgan fingerprint density at radius 1 is 1.24 bits per heavy atom. The van der Waals surface area contributed by atoms with Crippen molar-refractivity contribution in [2.75, 3.05) is 6.54 Å². The maximum atomic E-state index is 12.6. The molecule has 1 aromatic carbocycles. The Labute approximate surface area is 153 Å². The highest BCUT2D eigenvalue weighted by molar-refractivity contribution is 8.00. The van der Waals surface area contributed by atoms with Gasteiger partial charge in [0.1, 0.15) is 11.6 Å². The lowest BCUT2D eigenvalue weighted by Gasteiger charge is -2.12. The second-order valence-electron chi connectivity index (χ2n) is 6.66. The molecule has 3 rings (SSSR count). The quantitative estimate of drug-likeness (QED) is 0.803. The number of nitrogens with zero attached hydrogens (tertiary/aromatic N) is 3. The van der Waals surface area contributed by atoms with E-state index in [1.165, 1.54) is 19.3 Å². The number of fused-ring (bicyclic) bond motifs is 1. The third-order valence-electron chi connectivity index (χ3n) is 4.31. The van der Waals surface area contributed by atoms with Gasteiger partial charge in [0.2, 0.25) is 0 Å². The molecule has 0 atom stereocenters. The number of hydrogen-bond donors (Lipinski definition) is 1. The molecule has 0 fully saturated rings. The standard InChI is InChI=1S/C19H26N4OS/c1-14(2)25-16-9-6-5-8-15(16)19(24)20-12-11-18-22-21-17-10-4-3-7-13-23(17)18/h5-6,8-9,14H,3-4,7,10-13H2,1-2H3,(H,20,24). The Morgan fingerprint density at radius 2 is 2.08 bits per heavy atom. The molecule has 0 unspecified atom stereocenters. The first-order valence-corrected chi connectivity index (χ1v) is 9.98. The van der Waals surface area contributed by atoms with Gasteiger partial charge in [-0.15, -0.1) is 22.0 Å². The molecule has 0 radical (unpaired) electrons. The van der Waals surface area contributed by atoms with Gasteiger partial charge in [-0.3, -0.25) is 4.79 Å². The van der Waals surface area contributed by atoms with Crippen LogP contribution < -0.4 is 5.32 Å². The zero-order chi connectivity index (χ0) is 17.6. The minimum absolute atomic E-state index is 0.0145. The molecular weight excluding hydrogens is 332 g/mol. The number of amides is 1. The van der Waals surface area contributed by atoms with Gasteiger partial charge in [0, 0.05) is 36.1 Å². The van der Waals surface area contributed by atoms with E-state index in [1.54, 1.807) is 11.8 Å². The van der Waals surface area contributed by atoms with Gasteiger partial charge < -0.3 is 9.88 Å². The van der Waals surface area contributed by atoms with Crippen LogP contribution >= 0.6 is 11.8 Å². The maximum absolute atomic E-state index is 12.6. The molecule has 0 saturated carbocycles. The Bertz CT molecular complexity index is 726. The van der Waals surface area contributed by atoms with Crippen molar-refractivity contribution in [2.24, 2.45) is 0 Å². The molecule has 0 aliphatic carbocycles. The van der Waals surface area contributed by atoms with Crippen LogP contribution in [0.2, 0.25) is 0 Å². The minimum Gasteiger partial charge on any atom is -0.352 e. The molecule has 1 aromatic heterocycles. The first kappa shape index (κ1) is 18.0. The van der Waals surface area contributed by atoms with Gasteiger partial charge in [0.05, 0.1) is 5.56 Å². The van der Waals surface area contributed by atoms with Crippen molar-refractivity contribution >= 4 is 17.7 Å². The van der Waals surface area contributed by atoms with Crippen molar-refractivity contribution in [1.82, 2.24) is 20.1 Å². The highest BCUT2D eigenvalue weighted by atomic mass is 32.2. The Kier molecular flexibility index (Phi) is 6.13. The van der Waals surface area contributed by atoms with Crippen molar-refractivity contribution in [3.05, 3.63) is 41.5 Å². The van der Waals surface area contributed by atoms with Crippen LogP contribution in [-0.4, -0.2) is 32.5 Å². The van der Waals surface area contributed by atoms with Crippen LogP contribution in [-0.2, 0) is 19.4 Å². The predicted molar refractivity (Wildman–Crippen MR) is 101 cm³/mol. The van der Waals surface area contributed by atoms with Crippen LogP contribution in [0.3, 0.4) is 0 Å². The summed E-state index contributed by atoms with van der Waals surface area (Å²) in [5.74, 6) is 2.07. The van der Waals surface area contributed by atoms with Crippen LogP contribution in [0.15, 0.2) is 29.2 Å². The van der Waals surface area contributed by atoms with Gasteiger partial charge in [-0.1, -0.05) is 32.4 Å². The molecule has 1 amide bonds. The van der Waals surface area contributed by atoms with Crippen molar-refractivity contribution in [3.8, 4) is 0 Å². The van der Waals surface area contributed by atoms with E-state index < -0.39 is 0 Å². The van der Waals surface area contributed by atoms with E-state index in [1.807, 2.05) is 24.3 Å². The van der Waals surface area contributed by atoms with Crippen molar-refractivity contribution in [3.63, 3.8) is 0 Å². The molecule has 0 saturated heterocycles. The second kappa shape index (κ2) is 8.52. The Hall–Kier alpha value is -1.82. The summed E-state index contributed by atoms with van der Waals surface area (Å²) in [4.78, 5) is 13.6.